The van der Waals surface area contributed by atoms with Crippen molar-refractivity contribution in [1.29, 1.82) is 0 Å². The quantitative estimate of drug-likeness (QED) is 0.785. The number of aromatic nitrogens is 4. The van der Waals surface area contributed by atoms with Crippen LogP contribution < -0.4 is 5.32 Å². The van der Waals surface area contributed by atoms with Crippen LogP contribution in [-0.2, 0) is 0 Å². The zero-order chi connectivity index (χ0) is 14.3. The number of nitrogens with one attached hydrogen (secondary N) is 1. The highest BCUT2D eigenvalue weighted by Gasteiger charge is 2.15. The molecule has 7 heteroatoms. The number of aryl methyl sites for hydroxylation is 3. The summed E-state index contributed by atoms with van der Waals surface area (Å²) in [5.74, 6) is 0.437. The van der Waals surface area contributed by atoms with Crippen molar-refractivity contribution in [3.8, 4) is 0 Å². The minimum absolute atomic E-state index is 0.232. The molecule has 0 fully saturated rings. The van der Waals surface area contributed by atoms with Gasteiger partial charge >= 0.3 is 0 Å². The maximum atomic E-state index is 12.2. The molecule has 2 heterocycles. The molecule has 1 amide bonds. The Kier molecular flexibility index (Phi) is 2.98. The first-order valence-corrected chi connectivity index (χ1v) is 6.93. The predicted octanol–water partition coefficient (Wildman–Crippen LogP) is 2.36. The van der Waals surface area contributed by atoms with Gasteiger partial charge in [-0.25, -0.2) is 0 Å². The summed E-state index contributed by atoms with van der Waals surface area (Å²) in [6, 6.07) is 5.91. The Morgan fingerprint density at radius 2 is 1.85 bits per heavy atom. The average Bonchev–Trinajstić information content (AvgIpc) is 2.91. The second-order valence-corrected chi connectivity index (χ2v) is 5.64. The molecule has 0 saturated carbocycles. The monoisotopic (exact) mass is 287 g/mol. The lowest BCUT2D eigenvalue weighted by molar-refractivity contribution is 0.102. The van der Waals surface area contributed by atoms with Gasteiger partial charge in [0.15, 0.2) is 5.82 Å². The summed E-state index contributed by atoms with van der Waals surface area (Å²) in [5, 5.41) is 15.3. The zero-order valence-corrected chi connectivity index (χ0v) is 12.2. The van der Waals surface area contributed by atoms with E-state index in [2.05, 4.69) is 26.7 Å². The van der Waals surface area contributed by atoms with Crippen LogP contribution in [0.2, 0.25) is 0 Å². The Morgan fingerprint density at radius 1 is 1.15 bits per heavy atom. The first-order valence-electron chi connectivity index (χ1n) is 6.11. The molecule has 3 aromatic rings. The van der Waals surface area contributed by atoms with Crippen LogP contribution in [0.25, 0.3) is 4.96 Å². The number of fused-ring (bicyclic) bond motifs is 1. The van der Waals surface area contributed by atoms with Crippen LogP contribution in [0.3, 0.4) is 0 Å². The van der Waals surface area contributed by atoms with Gasteiger partial charge < -0.3 is 5.32 Å². The average molecular weight is 287 g/mol. The second kappa shape index (κ2) is 4.68. The van der Waals surface area contributed by atoms with Gasteiger partial charge in [0.2, 0.25) is 9.97 Å². The summed E-state index contributed by atoms with van der Waals surface area (Å²) in [7, 11) is 0. The summed E-state index contributed by atoms with van der Waals surface area (Å²) in [4.78, 5) is 12.8. The molecule has 0 saturated heterocycles. The molecule has 20 heavy (non-hydrogen) atoms. The van der Waals surface area contributed by atoms with Crippen molar-refractivity contribution in [3.05, 3.63) is 40.2 Å². The van der Waals surface area contributed by atoms with Gasteiger partial charge in [-0.3, -0.25) is 4.79 Å². The summed E-state index contributed by atoms with van der Waals surface area (Å²) >= 11 is 1.22. The first-order chi connectivity index (χ1) is 9.52. The highest BCUT2D eigenvalue weighted by Crippen LogP contribution is 2.18. The maximum absolute atomic E-state index is 12.2. The van der Waals surface area contributed by atoms with E-state index in [-0.39, 0.29) is 5.91 Å². The molecular weight excluding hydrogens is 274 g/mol. The smallest absolute Gasteiger partial charge is 0.286 e. The Labute approximate surface area is 119 Å². The van der Waals surface area contributed by atoms with Crippen LogP contribution >= 0.6 is 11.3 Å². The number of hydrogen-bond acceptors (Lipinski definition) is 5. The van der Waals surface area contributed by atoms with E-state index in [0.717, 1.165) is 16.8 Å². The third-order valence-corrected chi connectivity index (χ3v) is 3.72. The highest BCUT2D eigenvalue weighted by atomic mass is 32.1. The van der Waals surface area contributed by atoms with Crippen LogP contribution in [-0.4, -0.2) is 25.7 Å². The predicted molar refractivity (Wildman–Crippen MR) is 77.3 cm³/mol. The van der Waals surface area contributed by atoms with Crippen LogP contribution in [0.15, 0.2) is 18.2 Å². The number of anilines is 1. The van der Waals surface area contributed by atoms with Crippen molar-refractivity contribution >= 4 is 27.9 Å². The fourth-order valence-corrected chi connectivity index (χ4v) is 2.82. The van der Waals surface area contributed by atoms with Gasteiger partial charge in [-0.15, -0.1) is 15.3 Å². The van der Waals surface area contributed by atoms with E-state index in [1.54, 1.807) is 11.4 Å². The zero-order valence-electron chi connectivity index (χ0n) is 11.3. The first kappa shape index (κ1) is 12.7. The van der Waals surface area contributed by atoms with Crippen molar-refractivity contribution in [1.82, 2.24) is 19.8 Å². The van der Waals surface area contributed by atoms with E-state index in [1.165, 1.54) is 11.3 Å². The maximum Gasteiger partial charge on any atom is 0.286 e. The Morgan fingerprint density at radius 3 is 2.50 bits per heavy atom. The summed E-state index contributed by atoms with van der Waals surface area (Å²) in [6.45, 7) is 5.79. The number of nitrogens with zero attached hydrogens (tertiary/aromatic N) is 4. The third-order valence-electron chi connectivity index (χ3n) is 2.82. The summed E-state index contributed by atoms with van der Waals surface area (Å²) in [6.07, 6.45) is 0. The van der Waals surface area contributed by atoms with Gasteiger partial charge in [0.05, 0.1) is 0 Å². The topological polar surface area (TPSA) is 72.2 Å². The third kappa shape index (κ3) is 2.27. The minimum atomic E-state index is -0.232. The molecule has 0 aliphatic rings. The number of amides is 1. The molecule has 3 rings (SSSR count). The Hall–Kier alpha value is -2.28. The molecule has 6 nitrogen and oxygen atoms in total. The lowest BCUT2D eigenvalue weighted by atomic mass is 10.1. The molecule has 0 aliphatic carbocycles. The fraction of sp³-hybridized carbons (Fsp3) is 0.231. The Balaban J connectivity index is 1.88. The molecule has 0 aliphatic heterocycles. The number of hydrogen-bond donors (Lipinski definition) is 1. The number of rotatable bonds is 2. The minimum Gasteiger partial charge on any atom is -0.320 e. The van der Waals surface area contributed by atoms with Crippen molar-refractivity contribution in [2.45, 2.75) is 20.8 Å². The molecule has 1 aromatic carbocycles. The lowest BCUT2D eigenvalue weighted by Gasteiger charge is -2.05. The van der Waals surface area contributed by atoms with E-state index in [9.17, 15) is 4.79 Å². The molecule has 0 unspecified atom stereocenters. The summed E-state index contributed by atoms with van der Waals surface area (Å²) < 4.78 is 1.57. The largest absolute Gasteiger partial charge is 0.320 e. The second-order valence-electron chi connectivity index (χ2n) is 4.68. The summed E-state index contributed by atoms with van der Waals surface area (Å²) in [5.41, 5.74) is 2.98. The molecule has 2 aromatic heterocycles. The van der Waals surface area contributed by atoms with Gasteiger partial charge in [-0.1, -0.05) is 17.4 Å². The van der Waals surface area contributed by atoms with Gasteiger partial charge in [0.1, 0.15) is 0 Å². The van der Waals surface area contributed by atoms with E-state index in [0.29, 0.717) is 15.8 Å². The van der Waals surface area contributed by atoms with Gasteiger partial charge in [-0.05, 0) is 44.0 Å². The molecule has 102 valence electrons. The highest BCUT2D eigenvalue weighted by molar-refractivity contribution is 7.18. The fourth-order valence-electron chi connectivity index (χ4n) is 2.04. The van der Waals surface area contributed by atoms with E-state index in [4.69, 9.17) is 0 Å². The van der Waals surface area contributed by atoms with Crippen molar-refractivity contribution in [3.63, 3.8) is 0 Å². The number of carbonyl (C=O) groups is 1. The Bertz CT molecular complexity index is 784. The normalized spacial score (nSPS) is 10.9. The lowest BCUT2D eigenvalue weighted by Crippen LogP contribution is -2.12. The van der Waals surface area contributed by atoms with Crippen molar-refractivity contribution < 1.29 is 4.79 Å². The van der Waals surface area contributed by atoms with Crippen molar-refractivity contribution in [2.75, 3.05) is 5.32 Å². The molecule has 0 radical (unpaired) electrons. The standard InChI is InChI=1S/C13H13N5OS/c1-7-4-8(2)6-10(5-7)14-11(19)12-17-18-9(3)15-16-13(18)20-12/h4-6H,1-3H3,(H,14,19). The van der Waals surface area contributed by atoms with Crippen molar-refractivity contribution in [2.24, 2.45) is 0 Å². The van der Waals surface area contributed by atoms with Gasteiger partial charge in [-0.2, -0.15) is 4.52 Å². The van der Waals surface area contributed by atoms with E-state index < -0.39 is 0 Å². The molecule has 0 spiro atoms. The molecule has 0 atom stereocenters. The van der Waals surface area contributed by atoms with Crippen LogP contribution in [0.5, 0.6) is 0 Å². The van der Waals surface area contributed by atoms with E-state index >= 15 is 0 Å². The van der Waals surface area contributed by atoms with Crippen LogP contribution in [0, 0.1) is 20.8 Å². The molecule has 0 bridgehead atoms. The van der Waals surface area contributed by atoms with Crippen LogP contribution in [0.1, 0.15) is 26.8 Å². The molecule has 1 N–H and O–H groups in total. The van der Waals surface area contributed by atoms with E-state index in [1.807, 2.05) is 26.0 Å². The van der Waals surface area contributed by atoms with Gasteiger partial charge in [0.25, 0.3) is 5.91 Å². The van der Waals surface area contributed by atoms with Gasteiger partial charge in [0, 0.05) is 5.69 Å². The molecular formula is C13H13N5OS. The number of carbonyl (C=O) groups excluding carboxylic acids is 1. The SMILES string of the molecule is Cc1cc(C)cc(NC(=O)c2nn3c(C)nnc3s2)c1. The number of benzene rings is 1. The van der Waals surface area contributed by atoms with Crippen LogP contribution in [0.4, 0.5) is 5.69 Å².